The first kappa shape index (κ1) is 15.0. The molecule has 0 bridgehead atoms. The Morgan fingerprint density at radius 1 is 1.29 bits per heavy atom. The Balaban J connectivity index is 1.93. The highest BCUT2D eigenvalue weighted by Crippen LogP contribution is 2.05. The summed E-state index contributed by atoms with van der Waals surface area (Å²) in [6, 6.07) is 7.68. The molecule has 0 aliphatic rings. The summed E-state index contributed by atoms with van der Waals surface area (Å²) >= 11 is 0. The highest BCUT2D eigenvalue weighted by molar-refractivity contribution is 5.79. The molecule has 0 aromatic carbocycles. The van der Waals surface area contributed by atoms with E-state index in [1.165, 1.54) is 0 Å². The number of furan rings is 2. The van der Waals surface area contributed by atoms with Crippen molar-refractivity contribution in [2.24, 2.45) is 4.99 Å². The zero-order chi connectivity index (χ0) is 14.9. The number of nitrogens with one attached hydrogen (secondary N) is 1. The van der Waals surface area contributed by atoms with Gasteiger partial charge in [-0.15, -0.1) is 6.58 Å². The number of hydrogen-bond donors (Lipinski definition) is 1. The fourth-order valence-corrected chi connectivity index (χ4v) is 1.91. The SMILES string of the molecule is C=CCNC(=NCCc1ccco1)N(C)Cc1ccco1. The summed E-state index contributed by atoms with van der Waals surface area (Å²) in [5.41, 5.74) is 0. The van der Waals surface area contributed by atoms with E-state index in [0.717, 1.165) is 23.9 Å². The fraction of sp³-hybridized carbons (Fsp3) is 0.312. The van der Waals surface area contributed by atoms with Crippen LogP contribution >= 0.6 is 0 Å². The van der Waals surface area contributed by atoms with Gasteiger partial charge in [0, 0.05) is 26.6 Å². The molecule has 2 rings (SSSR count). The van der Waals surface area contributed by atoms with Gasteiger partial charge in [-0.25, -0.2) is 0 Å². The van der Waals surface area contributed by atoms with Crippen LogP contribution in [0.15, 0.2) is 63.3 Å². The highest BCUT2D eigenvalue weighted by atomic mass is 16.3. The Morgan fingerprint density at radius 3 is 2.62 bits per heavy atom. The van der Waals surface area contributed by atoms with Crippen LogP contribution in [0, 0.1) is 0 Å². The second-order valence-corrected chi connectivity index (χ2v) is 4.64. The number of aliphatic imine (C=N–C) groups is 1. The Morgan fingerprint density at radius 2 is 2.00 bits per heavy atom. The van der Waals surface area contributed by atoms with Crippen molar-refractivity contribution >= 4 is 5.96 Å². The summed E-state index contributed by atoms with van der Waals surface area (Å²) in [5.74, 6) is 2.66. The van der Waals surface area contributed by atoms with E-state index < -0.39 is 0 Å². The molecule has 0 saturated carbocycles. The monoisotopic (exact) mass is 287 g/mol. The van der Waals surface area contributed by atoms with E-state index in [1.807, 2.05) is 42.3 Å². The Hall–Kier alpha value is -2.43. The first-order valence-electron chi connectivity index (χ1n) is 6.94. The molecule has 2 aromatic rings. The maximum absolute atomic E-state index is 5.36. The Bertz CT molecular complexity index is 544. The maximum Gasteiger partial charge on any atom is 0.194 e. The largest absolute Gasteiger partial charge is 0.469 e. The number of guanidine groups is 1. The summed E-state index contributed by atoms with van der Waals surface area (Å²) in [5, 5.41) is 3.25. The third kappa shape index (κ3) is 4.87. The van der Waals surface area contributed by atoms with Crippen molar-refractivity contribution in [2.75, 3.05) is 20.1 Å². The molecule has 2 aromatic heterocycles. The third-order valence-corrected chi connectivity index (χ3v) is 2.94. The minimum Gasteiger partial charge on any atom is -0.469 e. The van der Waals surface area contributed by atoms with Crippen LogP contribution in [-0.4, -0.2) is 31.0 Å². The highest BCUT2D eigenvalue weighted by Gasteiger charge is 2.08. The van der Waals surface area contributed by atoms with Gasteiger partial charge < -0.3 is 19.1 Å². The second kappa shape index (κ2) is 7.99. The van der Waals surface area contributed by atoms with Crippen molar-refractivity contribution in [1.82, 2.24) is 10.2 Å². The van der Waals surface area contributed by atoms with Crippen LogP contribution in [0.4, 0.5) is 0 Å². The van der Waals surface area contributed by atoms with Crippen LogP contribution in [-0.2, 0) is 13.0 Å². The van der Waals surface area contributed by atoms with Gasteiger partial charge in [0.1, 0.15) is 11.5 Å². The molecule has 0 radical (unpaired) electrons. The normalized spacial score (nSPS) is 11.4. The smallest absolute Gasteiger partial charge is 0.194 e. The van der Waals surface area contributed by atoms with Crippen molar-refractivity contribution in [3.05, 3.63) is 61.0 Å². The molecule has 0 saturated heterocycles. The Labute approximate surface area is 125 Å². The lowest BCUT2D eigenvalue weighted by molar-refractivity contribution is 0.400. The molecule has 5 heteroatoms. The third-order valence-electron chi connectivity index (χ3n) is 2.94. The average Bonchev–Trinajstić information content (AvgIpc) is 3.15. The van der Waals surface area contributed by atoms with E-state index in [1.54, 1.807) is 12.5 Å². The molecular formula is C16H21N3O2. The molecule has 0 aliphatic carbocycles. The van der Waals surface area contributed by atoms with Crippen LogP contribution < -0.4 is 5.32 Å². The van der Waals surface area contributed by atoms with Crippen molar-refractivity contribution in [3.63, 3.8) is 0 Å². The van der Waals surface area contributed by atoms with E-state index in [0.29, 0.717) is 19.6 Å². The van der Waals surface area contributed by atoms with Crippen molar-refractivity contribution in [2.45, 2.75) is 13.0 Å². The van der Waals surface area contributed by atoms with Crippen molar-refractivity contribution < 1.29 is 8.83 Å². The standard InChI is InChI=1S/C16H21N3O2/c1-3-9-17-16(18-10-8-14-6-4-11-20-14)19(2)13-15-7-5-12-21-15/h3-7,11-12H,1,8-10,13H2,2H3,(H,17,18). The topological polar surface area (TPSA) is 53.9 Å². The molecule has 2 heterocycles. The number of hydrogen-bond acceptors (Lipinski definition) is 3. The molecule has 112 valence electrons. The van der Waals surface area contributed by atoms with Gasteiger partial charge in [-0.3, -0.25) is 4.99 Å². The van der Waals surface area contributed by atoms with Gasteiger partial charge in [-0.05, 0) is 24.3 Å². The predicted octanol–water partition coefficient (Wildman–Crippen LogP) is 2.68. The second-order valence-electron chi connectivity index (χ2n) is 4.64. The first-order valence-corrected chi connectivity index (χ1v) is 6.94. The molecule has 0 unspecified atom stereocenters. The van der Waals surface area contributed by atoms with Crippen LogP contribution in [0.25, 0.3) is 0 Å². The van der Waals surface area contributed by atoms with Gasteiger partial charge in [0.25, 0.3) is 0 Å². The average molecular weight is 287 g/mol. The van der Waals surface area contributed by atoms with Gasteiger partial charge in [-0.2, -0.15) is 0 Å². The van der Waals surface area contributed by atoms with Crippen molar-refractivity contribution in [3.8, 4) is 0 Å². The lowest BCUT2D eigenvalue weighted by atomic mass is 10.3. The van der Waals surface area contributed by atoms with Gasteiger partial charge >= 0.3 is 0 Å². The predicted molar refractivity (Wildman–Crippen MR) is 83.1 cm³/mol. The zero-order valence-electron chi connectivity index (χ0n) is 12.3. The minimum atomic E-state index is 0.662. The summed E-state index contributed by atoms with van der Waals surface area (Å²) in [6.07, 6.45) is 5.94. The lowest BCUT2D eigenvalue weighted by Gasteiger charge is -2.21. The van der Waals surface area contributed by atoms with E-state index in [-0.39, 0.29) is 0 Å². The zero-order valence-corrected chi connectivity index (χ0v) is 12.3. The molecule has 0 aliphatic heterocycles. The molecule has 0 spiro atoms. The van der Waals surface area contributed by atoms with Crippen molar-refractivity contribution in [1.29, 1.82) is 0 Å². The van der Waals surface area contributed by atoms with Crippen LogP contribution in [0.1, 0.15) is 11.5 Å². The maximum atomic E-state index is 5.36. The molecular weight excluding hydrogens is 266 g/mol. The van der Waals surface area contributed by atoms with E-state index in [4.69, 9.17) is 8.83 Å². The van der Waals surface area contributed by atoms with Crippen LogP contribution in [0.2, 0.25) is 0 Å². The van der Waals surface area contributed by atoms with Gasteiger partial charge in [0.2, 0.25) is 0 Å². The fourth-order valence-electron chi connectivity index (χ4n) is 1.91. The van der Waals surface area contributed by atoms with Crippen LogP contribution in [0.5, 0.6) is 0 Å². The summed E-state index contributed by atoms with van der Waals surface area (Å²) < 4.78 is 10.7. The minimum absolute atomic E-state index is 0.662. The lowest BCUT2D eigenvalue weighted by Crippen LogP contribution is -2.38. The van der Waals surface area contributed by atoms with Gasteiger partial charge in [0.15, 0.2) is 5.96 Å². The van der Waals surface area contributed by atoms with E-state index >= 15 is 0 Å². The molecule has 5 nitrogen and oxygen atoms in total. The number of nitrogens with zero attached hydrogens (tertiary/aromatic N) is 2. The summed E-state index contributed by atoms with van der Waals surface area (Å²) in [4.78, 5) is 6.62. The van der Waals surface area contributed by atoms with Gasteiger partial charge in [-0.1, -0.05) is 6.08 Å². The van der Waals surface area contributed by atoms with E-state index in [9.17, 15) is 0 Å². The summed E-state index contributed by atoms with van der Waals surface area (Å²) in [7, 11) is 1.98. The van der Waals surface area contributed by atoms with E-state index in [2.05, 4.69) is 16.9 Å². The molecule has 0 atom stereocenters. The first-order chi connectivity index (χ1) is 10.3. The Kier molecular flexibility index (Phi) is 5.70. The molecule has 0 amide bonds. The molecule has 21 heavy (non-hydrogen) atoms. The molecule has 0 fully saturated rings. The summed E-state index contributed by atoms with van der Waals surface area (Å²) in [6.45, 7) is 5.71. The van der Waals surface area contributed by atoms with Crippen LogP contribution in [0.3, 0.4) is 0 Å². The number of rotatable bonds is 7. The quantitative estimate of drug-likeness (QED) is 0.483. The molecule has 1 N–H and O–H groups in total. The van der Waals surface area contributed by atoms with Gasteiger partial charge in [0.05, 0.1) is 19.1 Å².